The Kier molecular flexibility index (Phi) is 2.91. The molecule has 0 amide bonds. The molecule has 0 fully saturated rings. The van der Waals surface area contributed by atoms with Crippen molar-refractivity contribution in [1.29, 1.82) is 0 Å². The number of carbonyl (C=O) groups is 1. The standard InChI is InChI=1S/C16H14N2O2/c1-20-16(19)11-8-5-9-12-13(11)14(17)15(18-12)10-6-3-2-4-7-10/h2-9,18H,17H2,1H3. The van der Waals surface area contributed by atoms with Gasteiger partial charge in [-0.15, -0.1) is 0 Å². The molecule has 1 heterocycles. The van der Waals surface area contributed by atoms with Crippen LogP contribution in [-0.2, 0) is 4.74 Å². The van der Waals surface area contributed by atoms with Crippen molar-refractivity contribution >= 4 is 22.6 Å². The van der Waals surface area contributed by atoms with E-state index in [9.17, 15) is 4.79 Å². The number of H-pyrrole nitrogens is 1. The lowest BCUT2D eigenvalue weighted by Crippen LogP contribution is -2.02. The van der Waals surface area contributed by atoms with E-state index in [1.54, 1.807) is 12.1 Å². The molecule has 20 heavy (non-hydrogen) atoms. The van der Waals surface area contributed by atoms with Crippen LogP contribution in [0, 0.1) is 0 Å². The van der Waals surface area contributed by atoms with Crippen molar-refractivity contribution in [1.82, 2.24) is 4.98 Å². The van der Waals surface area contributed by atoms with E-state index in [1.165, 1.54) is 7.11 Å². The highest BCUT2D eigenvalue weighted by atomic mass is 16.5. The van der Waals surface area contributed by atoms with E-state index in [1.807, 2.05) is 36.4 Å². The van der Waals surface area contributed by atoms with Crippen LogP contribution in [0.15, 0.2) is 48.5 Å². The lowest BCUT2D eigenvalue weighted by molar-refractivity contribution is 0.0603. The van der Waals surface area contributed by atoms with Crippen LogP contribution < -0.4 is 5.73 Å². The molecule has 3 N–H and O–H groups in total. The number of methoxy groups -OCH3 is 1. The number of anilines is 1. The highest BCUT2D eigenvalue weighted by molar-refractivity contribution is 6.12. The molecular formula is C16H14N2O2. The third kappa shape index (κ3) is 1.82. The number of ether oxygens (including phenoxy) is 1. The number of fused-ring (bicyclic) bond motifs is 1. The second kappa shape index (κ2) is 4.74. The maximum Gasteiger partial charge on any atom is 0.338 e. The maximum absolute atomic E-state index is 11.8. The molecule has 0 bridgehead atoms. The number of hydrogen-bond donors (Lipinski definition) is 2. The molecule has 100 valence electrons. The zero-order chi connectivity index (χ0) is 14.1. The fraction of sp³-hybridized carbons (Fsp3) is 0.0625. The van der Waals surface area contributed by atoms with Gasteiger partial charge in [0.05, 0.1) is 24.1 Å². The first-order chi connectivity index (χ1) is 9.72. The Balaban J connectivity index is 2.28. The van der Waals surface area contributed by atoms with Gasteiger partial charge in [-0.2, -0.15) is 0 Å². The molecule has 0 saturated heterocycles. The monoisotopic (exact) mass is 266 g/mol. The van der Waals surface area contributed by atoms with Crippen molar-refractivity contribution in [3.63, 3.8) is 0 Å². The van der Waals surface area contributed by atoms with Crippen molar-refractivity contribution < 1.29 is 9.53 Å². The summed E-state index contributed by atoms with van der Waals surface area (Å²) in [5.41, 5.74) is 9.88. The highest BCUT2D eigenvalue weighted by Crippen LogP contribution is 2.34. The van der Waals surface area contributed by atoms with Gasteiger partial charge in [0, 0.05) is 16.5 Å². The Hall–Kier alpha value is -2.75. The van der Waals surface area contributed by atoms with E-state index < -0.39 is 0 Å². The van der Waals surface area contributed by atoms with Crippen molar-refractivity contribution in [2.45, 2.75) is 0 Å². The zero-order valence-corrected chi connectivity index (χ0v) is 11.0. The van der Waals surface area contributed by atoms with E-state index in [-0.39, 0.29) is 5.97 Å². The molecule has 0 aliphatic rings. The van der Waals surface area contributed by atoms with Crippen LogP contribution in [0.4, 0.5) is 5.69 Å². The van der Waals surface area contributed by atoms with Gasteiger partial charge in [0.25, 0.3) is 0 Å². The second-order valence-electron chi connectivity index (χ2n) is 4.50. The molecule has 0 aliphatic carbocycles. The van der Waals surface area contributed by atoms with Crippen molar-refractivity contribution in [3.8, 4) is 11.3 Å². The minimum Gasteiger partial charge on any atom is -0.465 e. The molecule has 3 rings (SSSR count). The Morgan fingerprint density at radius 1 is 1.10 bits per heavy atom. The fourth-order valence-electron chi connectivity index (χ4n) is 2.39. The summed E-state index contributed by atoms with van der Waals surface area (Å²) >= 11 is 0. The molecule has 0 unspecified atom stereocenters. The van der Waals surface area contributed by atoms with Gasteiger partial charge in [0.1, 0.15) is 0 Å². The van der Waals surface area contributed by atoms with Crippen LogP contribution in [0.2, 0.25) is 0 Å². The summed E-state index contributed by atoms with van der Waals surface area (Å²) < 4.78 is 4.81. The number of rotatable bonds is 2. The number of hydrogen-bond acceptors (Lipinski definition) is 3. The molecule has 0 atom stereocenters. The average molecular weight is 266 g/mol. The minimum absolute atomic E-state index is 0.388. The summed E-state index contributed by atoms with van der Waals surface area (Å²) in [6.45, 7) is 0. The highest BCUT2D eigenvalue weighted by Gasteiger charge is 2.17. The number of aromatic nitrogens is 1. The van der Waals surface area contributed by atoms with E-state index in [4.69, 9.17) is 10.5 Å². The topological polar surface area (TPSA) is 68.1 Å². The van der Waals surface area contributed by atoms with Crippen LogP contribution in [0.5, 0.6) is 0 Å². The molecule has 0 aliphatic heterocycles. The molecule has 1 aromatic heterocycles. The first-order valence-corrected chi connectivity index (χ1v) is 6.26. The minimum atomic E-state index is -0.388. The molecule has 2 aromatic carbocycles. The summed E-state index contributed by atoms with van der Waals surface area (Å²) in [5.74, 6) is -0.388. The van der Waals surface area contributed by atoms with Gasteiger partial charge in [0.15, 0.2) is 0 Å². The summed E-state index contributed by atoms with van der Waals surface area (Å²) in [4.78, 5) is 15.1. The summed E-state index contributed by atoms with van der Waals surface area (Å²) in [7, 11) is 1.36. The number of aromatic amines is 1. The predicted octanol–water partition coefficient (Wildman–Crippen LogP) is 3.20. The van der Waals surface area contributed by atoms with E-state index in [2.05, 4.69) is 4.98 Å². The molecule has 0 saturated carbocycles. The smallest absolute Gasteiger partial charge is 0.338 e. The van der Waals surface area contributed by atoms with Gasteiger partial charge in [-0.3, -0.25) is 0 Å². The SMILES string of the molecule is COC(=O)c1cccc2[nH]c(-c3ccccc3)c(N)c12. The maximum atomic E-state index is 11.8. The molecule has 0 radical (unpaired) electrons. The van der Waals surface area contributed by atoms with E-state index >= 15 is 0 Å². The van der Waals surface area contributed by atoms with Gasteiger partial charge in [-0.25, -0.2) is 4.79 Å². The van der Waals surface area contributed by atoms with E-state index in [0.717, 1.165) is 16.8 Å². The summed E-state index contributed by atoms with van der Waals surface area (Å²) in [5, 5.41) is 0.707. The van der Waals surface area contributed by atoms with Crippen LogP contribution >= 0.6 is 0 Å². The summed E-state index contributed by atoms with van der Waals surface area (Å²) in [6, 6.07) is 15.2. The van der Waals surface area contributed by atoms with Crippen LogP contribution in [-0.4, -0.2) is 18.1 Å². The third-order valence-corrected chi connectivity index (χ3v) is 3.33. The number of carbonyl (C=O) groups excluding carboxylic acids is 1. The van der Waals surface area contributed by atoms with Crippen molar-refractivity contribution in [2.75, 3.05) is 12.8 Å². The Morgan fingerprint density at radius 3 is 2.55 bits per heavy atom. The first-order valence-electron chi connectivity index (χ1n) is 6.26. The summed E-state index contributed by atoms with van der Waals surface area (Å²) in [6.07, 6.45) is 0. The number of esters is 1. The van der Waals surface area contributed by atoms with Gasteiger partial charge in [-0.1, -0.05) is 36.4 Å². The first kappa shape index (κ1) is 12.3. The zero-order valence-electron chi connectivity index (χ0n) is 11.0. The molecule has 0 spiro atoms. The van der Waals surface area contributed by atoms with Gasteiger partial charge >= 0.3 is 5.97 Å². The Labute approximate surface area is 116 Å². The Bertz CT molecular complexity index is 776. The van der Waals surface area contributed by atoms with E-state index in [0.29, 0.717) is 16.6 Å². The quantitative estimate of drug-likeness (QED) is 0.700. The Morgan fingerprint density at radius 2 is 1.85 bits per heavy atom. The third-order valence-electron chi connectivity index (χ3n) is 3.33. The average Bonchev–Trinajstić information content (AvgIpc) is 2.85. The van der Waals surface area contributed by atoms with Crippen LogP contribution in [0.3, 0.4) is 0 Å². The second-order valence-corrected chi connectivity index (χ2v) is 4.50. The number of benzene rings is 2. The normalized spacial score (nSPS) is 10.7. The molecule has 4 heteroatoms. The van der Waals surface area contributed by atoms with Gasteiger partial charge < -0.3 is 15.5 Å². The van der Waals surface area contributed by atoms with Gasteiger partial charge in [-0.05, 0) is 12.1 Å². The lowest BCUT2D eigenvalue weighted by Gasteiger charge is -2.02. The van der Waals surface area contributed by atoms with Crippen LogP contribution in [0.1, 0.15) is 10.4 Å². The number of nitrogens with one attached hydrogen (secondary N) is 1. The number of nitrogen functional groups attached to an aromatic ring is 1. The lowest BCUT2D eigenvalue weighted by atomic mass is 10.1. The molecule has 3 aromatic rings. The molecule has 4 nitrogen and oxygen atoms in total. The van der Waals surface area contributed by atoms with Gasteiger partial charge in [0.2, 0.25) is 0 Å². The van der Waals surface area contributed by atoms with Crippen LogP contribution in [0.25, 0.3) is 22.2 Å². The fourth-order valence-corrected chi connectivity index (χ4v) is 2.39. The predicted molar refractivity (Wildman–Crippen MR) is 79.5 cm³/mol. The molecular weight excluding hydrogens is 252 g/mol. The van der Waals surface area contributed by atoms with Crippen molar-refractivity contribution in [2.24, 2.45) is 0 Å². The number of nitrogens with two attached hydrogens (primary N) is 1. The largest absolute Gasteiger partial charge is 0.465 e. The van der Waals surface area contributed by atoms with Crippen molar-refractivity contribution in [3.05, 3.63) is 54.1 Å².